The zero-order chi connectivity index (χ0) is 14.8. The highest BCUT2D eigenvalue weighted by Crippen LogP contribution is 2.36. The summed E-state index contributed by atoms with van der Waals surface area (Å²) in [6.45, 7) is 11.5. The summed E-state index contributed by atoms with van der Waals surface area (Å²) < 4.78 is 16.3. The molecular formula is C16H28O3. The van der Waals surface area contributed by atoms with E-state index in [2.05, 4.69) is 13.8 Å². The van der Waals surface area contributed by atoms with Gasteiger partial charge in [-0.3, -0.25) is 0 Å². The molecule has 0 amide bonds. The molecule has 19 heavy (non-hydrogen) atoms. The van der Waals surface area contributed by atoms with Crippen molar-refractivity contribution in [3.63, 3.8) is 0 Å². The summed E-state index contributed by atoms with van der Waals surface area (Å²) in [7, 11) is 3.37. The lowest BCUT2D eigenvalue weighted by Gasteiger charge is -2.17. The third-order valence-corrected chi connectivity index (χ3v) is 2.65. The number of hydrogen-bond acceptors (Lipinski definition) is 3. The molecule has 0 aliphatic carbocycles. The minimum absolute atomic E-state index is 0.362. The fraction of sp³-hybridized carbons (Fsp3) is 0.625. The molecule has 0 heterocycles. The van der Waals surface area contributed by atoms with Crippen LogP contribution in [0.5, 0.6) is 11.5 Å². The summed E-state index contributed by atoms with van der Waals surface area (Å²) in [5.41, 5.74) is 2.18. The Kier molecular flexibility index (Phi) is 9.06. The van der Waals surface area contributed by atoms with Crippen LogP contribution >= 0.6 is 0 Å². The van der Waals surface area contributed by atoms with Crippen LogP contribution in [0.25, 0.3) is 0 Å². The van der Waals surface area contributed by atoms with Gasteiger partial charge in [0.15, 0.2) is 0 Å². The molecule has 1 rings (SSSR count). The summed E-state index contributed by atoms with van der Waals surface area (Å²) in [5.74, 6) is 2.10. The van der Waals surface area contributed by atoms with Gasteiger partial charge in [-0.1, -0.05) is 27.7 Å². The predicted molar refractivity (Wildman–Crippen MR) is 80.3 cm³/mol. The maximum Gasteiger partial charge on any atom is 0.126 e. The number of benzene rings is 1. The van der Waals surface area contributed by atoms with Gasteiger partial charge in [0.1, 0.15) is 11.5 Å². The van der Waals surface area contributed by atoms with Crippen LogP contribution in [0.3, 0.4) is 0 Å². The highest BCUT2D eigenvalue weighted by atomic mass is 16.5. The lowest BCUT2D eigenvalue weighted by molar-refractivity contribution is 0.133. The van der Waals surface area contributed by atoms with Crippen LogP contribution in [-0.2, 0) is 11.3 Å². The molecule has 1 aromatic rings. The molecule has 0 aliphatic heterocycles. The van der Waals surface area contributed by atoms with Gasteiger partial charge in [-0.15, -0.1) is 0 Å². The monoisotopic (exact) mass is 268 g/mol. The van der Waals surface area contributed by atoms with Crippen molar-refractivity contribution in [2.45, 2.75) is 47.1 Å². The van der Waals surface area contributed by atoms with E-state index in [0.717, 1.165) is 22.6 Å². The Hall–Kier alpha value is -1.22. The first-order chi connectivity index (χ1) is 9.13. The molecule has 0 spiro atoms. The van der Waals surface area contributed by atoms with Gasteiger partial charge in [-0.2, -0.15) is 0 Å². The van der Waals surface area contributed by atoms with Crippen molar-refractivity contribution in [2.75, 3.05) is 20.8 Å². The van der Waals surface area contributed by atoms with Crippen LogP contribution in [0.1, 0.15) is 51.7 Å². The molecule has 0 atom stereocenters. The zero-order valence-electron chi connectivity index (χ0n) is 13.4. The maximum absolute atomic E-state index is 5.43. The van der Waals surface area contributed by atoms with Crippen molar-refractivity contribution in [3.05, 3.63) is 23.3 Å². The quantitative estimate of drug-likeness (QED) is 0.766. The molecule has 3 heteroatoms. The van der Waals surface area contributed by atoms with Crippen molar-refractivity contribution in [3.8, 4) is 11.5 Å². The molecule has 1 aromatic carbocycles. The molecule has 0 saturated heterocycles. The molecule has 0 saturated carbocycles. The topological polar surface area (TPSA) is 27.7 Å². The van der Waals surface area contributed by atoms with Gasteiger partial charge in [0, 0.05) is 12.2 Å². The van der Waals surface area contributed by atoms with Gasteiger partial charge in [0.05, 0.1) is 20.8 Å². The van der Waals surface area contributed by atoms with Crippen LogP contribution in [0.15, 0.2) is 12.1 Å². The molecule has 0 bridgehead atoms. The van der Waals surface area contributed by atoms with E-state index in [9.17, 15) is 0 Å². The summed E-state index contributed by atoms with van der Waals surface area (Å²) >= 11 is 0. The Morgan fingerprint density at radius 3 is 1.79 bits per heavy atom. The largest absolute Gasteiger partial charge is 0.496 e. The van der Waals surface area contributed by atoms with Gasteiger partial charge in [0.2, 0.25) is 0 Å². The summed E-state index contributed by atoms with van der Waals surface area (Å²) in [5, 5.41) is 0. The van der Waals surface area contributed by atoms with Crippen molar-refractivity contribution in [2.24, 2.45) is 0 Å². The first-order valence-electron chi connectivity index (χ1n) is 6.96. The maximum atomic E-state index is 5.43. The zero-order valence-corrected chi connectivity index (χ0v) is 13.4. The molecule has 0 N–H and O–H groups in total. The average Bonchev–Trinajstić information content (AvgIpc) is 2.45. The van der Waals surface area contributed by atoms with Crippen LogP contribution in [0.2, 0.25) is 0 Å². The van der Waals surface area contributed by atoms with Crippen molar-refractivity contribution < 1.29 is 14.2 Å². The van der Waals surface area contributed by atoms with Crippen molar-refractivity contribution in [1.29, 1.82) is 0 Å². The van der Waals surface area contributed by atoms with E-state index in [4.69, 9.17) is 14.2 Å². The molecule has 0 radical (unpaired) electrons. The average molecular weight is 268 g/mol. The lowest BCUT2D eigenvalue weighted by Crippen LogP contribution is -2.01. The molecule has 3 nitrogen and oxygen atoms in total. The highest BCUT2D eigenvalue weighted by molar-refractivity contribution is 5.49. The van der Waals surface area contributed by atoms with Gasteiger partial charge in [0.25, 0.3) is 0 Å². The van der Waals surface area contributed by atoms with E-state index in [1.165, 1.54) is 0 Å². The smallest absolute Gasteiger partial charge is 0.126 e. The van der Waals surface area contributed by atoms with Crippen LogP contribution in [0.4, 0.5) is 0 Å². The second-order valence-corrected chi connectivity index (χ2v) is 4.21. The van der Waals surface area contributed by atoms with Crippen LogP contribution < -0.4 is 9.47 Å². The Morgan fingerprint density at radius 2 is 1.47 bits per heavy atom. The fourth-order valence-electron chi connectivity index (χ4n) is 1.87. The summed E-state index contributed by atoms with van der Waals surface area (Å²) in [6.07, 6.45) is 0. The standard InChI is InChI=1S/C14H22O3.C2H6/c1-6-17-9-11-7-12(15-4)14(10(2)3)13(8-11)16-5;1-2/h7-8,10H,6,9H2,1-5H3;1-2H3. The van der Waals surface area contributed by atoms with Gasteiger partial charge < -0.3 is 14.2 Å². The molecule has 0 unspecified atom stereocenters. The Bertz CT molecular complexity index is 334. The van der Waals surface area contributed by atoms with E-state index in [-0.39, 0.29) is 0 Å². The minimum atomic E-state index is 0.362. The van der Waals surface area contributed by atoms with Gasteiger partial charge in [-0.05, 0) is 30.5 Å². The fourth-order valence-corrected chi connectivity index (χ4v) is 1.87. The number of rotatable bonds is 6. The molecule has 0 aliphatic rings. The van der Waals surface area contributed by atoms with Crippen LogP contribution in [0, 0.1) is 0 Å². The predicted octanol–water partition coefficient (Wildman–Crippen LogP) is 4.39. The van der Waals surface area contributed by atoms with Crippen molar-refractivity contribution in [1.82, 2.24) is 0 Å². The highest BCUT2D eigenvalue weighted by Gasteiger charge is 2.15. The second kappa shape index (κ2) is 9.68. The third-order valence-electron chi connectivity index (χ3n) is 2.65. The summed E-state index contributed by atoms with van der Waals surface area (Å²) in [6, 6.07) is 4.04. The number of hydrogen-bond donors (Lipinski definition) is 0. The molecule has 110 valence electrons. The second-order valence-electron chi connectivity index (χ2n) is 4.21. The Balaban J connectivity index is 0.00000154. The van der Waals surface area contributed by atoms with E-state index in [1.807, 2.05) is 32.9 Å². The third kappa shape index (κ3) is 5.11. The normalized spacial score (nSPS) is 9.89. The summed E-state index contributed by atoms with van der Waals surface area (Å²) in [4.78, 5) is 0. The number of ether oxygens (including phenoxy) is 3. The first kappa shape index (κ1) is 17.8. The molecule has 0 aromatic heterocycles. The van der Waals surface area contributed by atoms with E-state index in [0.29, 0.717) is 19.1 Å². The van der Waals surface area contributed by atoms with Gasteiger partial charge >= 0.3 is 0 Å². The van der Waals surface area contributed by atoms with Gasteiger partial charge in [-0.25, -0.2) is 0 Å². The van der Waals surface area contributed by atoms with E-state index in [1.54, 1.807) is 14.2 Å². The minimum Gasteiger partial charge on any atom is -0.496 e. The Labute approximate surface area is 117 Å². The molecule has 0 fully saturated rings. The number of methoxy groups -OCH3 is 2. The SMILES string of the molecule is CC.CCOCc1cc(OC)c(C(C)C)c(OC)c1. The first-order valence-corrected chi connectivity index (χ1v) is 6.96. The molecular weight excluding hydrogens is 240 g/mol. The lowest BCUT2D eigenvalue weighted by atomic mass is 9.99. The van der Waals surface area contributed by atoms with Crippen LogP contribution in [-0.4, -0.2) is 20.8 Å². The van der Waals surface area contributed by atoms with E-state index >= 15 is 0 Å². The van der Waals surface area contributed by atoms with Crippen molar-refractivity contribution >= 4 is 0 Å². The van der Waals surface area contributed by atoms with E-state index < -0.39 is 0 Å². The Morgan fingerprint density at radius 1 is 1.00 bits per heavy atom.